The van der Waals surface area contributed by atoms with Gasteiger partial charge in [0.25, 0.3) is 5.91 Å². The van der Waals surface area contributed by atoms with Gasteiger partial charge in [0.05, 0.1) is 15.5 Å². The number of hydrogen-bond acceptors (Lipinski definition) is 5. The van der Waals surface area contributed by atoms with Crippen LogP contribution in [-0.4, -0.2) is 51.1 Å². The first-order chi connectivity index (χ1) is 11.6. The molecule has 1 aliphatic heterocycles. The highest BCUT2D eigenvalue weighted by Gasteiger charge is 2.26. The van der Waals surface area contributed by atoms with E-state index in [0.717, 1.165) is 18.7 Å². The van der Waals surface area contributed by atoms with Crippen LogP contribution in [0.25, 0.3) is 0 Å². The minimum Gasteiger partial charge on any atom is -0.452 e. The van der Waals surface area contributed by atoms with Crippen molar-refractivity contribution in [3.8, 4) is 0 Å². The monoisotopic (exact) mass is 387 g/mol. The molecule has 1 amide bonds. The SMILES string of the molecule is C[C@@H]1C[C@@H](C)CN(C(=O)COC(=O)c2cc(S(C)(=O)=O)ccc2Cl)C1. The third-order valence-electron chi connectivity index (χ3n) is 4.13. The molecule has 2 atom stereocenters. The zero-order chi connectivity index (χ0) is 18.8. The van der Waals surface area contributed by atoms with E-state index in [4.69, 9.17) is 16.3 Å². The molecule has 8 heteroatoms. The average Bonchev–Trinajstić information content (AvgIpc) is 2.50. The van der Waals surface area contributed by atoms with Gasteiger partial charge in [0.2, 0.25) is 0 Å². The van der Waals surface area contributed by atoms with Crippen LogP contribution < -0.4 is 0 Å². The van der Waals surface area contributed by atoms with Gasteiger partial charge in [-0.3, -0.25) is 4.79 Å². The Kier molecular flexibility index (Phi) is 6.11. The van der Waals surface area contributed by atoms with Gasteiger partial charge in [0.15, 0.2) is 16.4 Å². The molecule has 0 radical (unpaired) electrons. The molecule has 1 aromatic rings. The van der Waals surface area contributed by atoms with Crippen molar-refractivity contribution in [2.45, 2.75) is 25.2 Å². The maximum atomic E-state index is 12.3. The molecule has 6 nitrogen and oxygen atoms in total. The maximum Gasteiger partial charge on any atom is 0.340 e. The Bertz CT molecular complexity index is 767. The number of piperidine rings is 1. The largest absolute Gasteiger partial charge is 0.452 e. The summed E-state index contributed by atoms with van der Waals surface area (Å²) in [6.07, 6.45) is 2.10. The first-order valence-electron chi connectivity index (χ1n) is 8.02. The van der Waals surface area contributed by atoms with Gasteiger partial charge in [-0.15, -0.1) is 0 Å². The predicted molar refractivity (Wildman–Crippen MR) is 94.4 cm³/mol. The van der Waals surface area contributed by atoms with Crippen LogP contribution in [0.3, 0.4) is 0 Å². The fraction of sp³-hybridized carbons (Fsp3) is 0.529. The predicted octanol–water partition coefficient (Wildman–Crippen LogP) is 2.40. The number of esters is 1. The van der Waals surface area contributed by atoms with E-state index in [1.165, 1.54) is 12.1 Å². The fourth-order valence-corrected chi connectivity index (χ4v) is 3.90. The Morgan fingerprint density at radius 3 is 2.40 bits per heavy atom. The Morgan fingerprint density at radius 2 is 1.84 bits per heavy atom. The second kappa shape index (κ2) is 7.74. The Morgan fingerprint density at radius 1 is 1.24 bits per heavy atom. The molecule has 1 heterocycles. The summed E-state index contributed by atoms with van der Waals surface area (Å²) in [5, 5.41) is 0.0741. The summed E-state index contributed by atoms with van der Waals surface area (Å²) in [7, 11) is -3.48. The topological polar surface area (TPSA) is 80.8 Å². The lowest BCUT2D eigenvalue weighted by molar-refractivity contribution is -0.137. The van der Waals surface area contributed by atoms with Crippen LogP contribution in [0.4, 0.5) is 0 Å². The lowest BCUT2D eigenvalue weighted by Gasteiger charge is -2.34. The average molecular weight is 388 g/mol. The third-order valence-corrected chi connectivity index (χ3v) is 5.57. The number of rotatable bonds is 4. The van der Waals surface area contributed by atoms with E-state index in [2.05, 4.69) is 13.8 Å². The van der Waals surface area contributed by atoms with Gasteiger partial charge >= 0.3 is 5.97 Å². The third kappa shape index (κ3) is 5.19. The molecule has 1 saturated heterocycles. The van der Waals surface area contributed by atoms with Gasteiger partial charge in [0.1, 0.15) is 0 Å². The lowest BCUT2D eigenvalue weighted by Crippen LogP contribution is -2.44. The first-order valence-corrected chi connectivity index (χ1v) is 10.3. The van der Waals surface area contributed by atoms with Gasteiger partial charge in [0, 0.05) is 19.3 Å². The molecule has 1 fully saturated rings. The number of likely N-dealkylation sites (tertiary alicyclic amines) is 1. The number of carbonyl (C=O) groups is 2. The first kappa shape index (κ1) is 19.7. The zero-order valence-electron chi connectivity index (χ0n) is 14.5. The fourth-order valence-electron chi connectivity index (χ4n) is 3.05. The van der Waals surface area contributed by atoms with E-state index in [-0.39, 0.29) is 21.4 Å². The Hall–Kier alpha value is -1.60. The van der Waals surface area contributed by atoms with Gasteiger partial charge < -0.3 is 9.64 Å². The molecule has 2 rings (SSSR count). The molecule has 0 aromatic heterocycles. The summed E-state index contributed by atoms with van der Waals surface area (Å²) in [4.78, 5) is 26.1. The minimum atomic E-state index is -3.48. The van der Waals surface area contributed by atoms with Gasteiger partial charge in [-0.1, -0.05) is 25.4 Å². The van der Waals surface area contributed by atoms with Crippen molar-refractivity contribution in [1.82, 2.24) is 4.90 Å². The molecule has 138 valence electrons. The maximum absolute atomic E-state index is 12.3. The summed E-state index contributed by atoms with van der Waals surface area (Å²) in [6.45, 7) is 5.06. The number of hydrogen-bond donors (Lipinski definition) is 0. The molecule has 0 N–H and O–H groups in total. The molecule has 1 aromatic carbocycles. The quantitative estimate of drug-likeness (QED) is 0.741. The molecular weight excluding hydrogens is 366 g/mol. The van der Waals surface area contributed by atoms with E-state index in [1.807, 2.05) is 0 Å². The summed E-state index contributed by atoms with van der Waals surface area (Å²) in [5.74, 6) is -0.266. The summed E-state index contributed by atoms with van der Waals surface area (Å²) in [5.41, 5.74) is -0.0715. The number of nitrogens with zero attached hydrogens (tertiary/aromatic N) is 1. The molecule has 0 aliphatic carbocycles. The van der Waals surface area contributed by atoms with Crippen LogP contribution >= 0.6 is 11.6 Å². The lowest BCUT2D eigenvalue weighted by atomic mass is 9.92. The number of benzene rings is 1. The number of amides is 1. The highest BCUT2D eigenvalue weighted by Crippen LogP contribution is 2.23. The molecule has 1 aliphatic rings. The normalized spacial score (nSPS) is 21.0. The number of sulfone groups is 1. The standard InChI is InChI=1S/C17H22ClNO5S/c1-11-6-12(2)9-19(8-11)16(20)10-24-17(21)14-7-13(25(3,22)23)4-5-15(14)18/h4-5,7,11-12H,6,8-10H2,1-3H3/t11-,12-/m1/s1. The minimum absolute atomic E-state index is 0.0335. The van der Waals surface area contributed by atoms with Crippen molar-refractivity contribution in [2.75, 3.05) is 26.0 Å². The van der Waals surface area contributed by atoms with Gasteiger partial charge in [-0.05, 0) is 36.5 Å². The van der Waals surface area contributed by atoms with Crippen molar-refractivity contribution in [1.29, 1.82) is 0 Å². The number of halogens is 1. The second-order valence-corrected chi connectivity index (χ2v) is 9.16. The summed E-state index contributed by atoms with van der Waals surface area (Å²) >= 11 is 5.95. The summed E-state index contributed by atoms with van der Waals surface area (Å²) < 4.78 is 28.2. The Labute approximate surface area is 153 Å². The van der Waals surface area contributed by atoms with E-state index in [1.54, 1.807) is 4.90 Å². The molecule has 0 bridgehead atoms. The second-order valence-electron chi connectivity index (χ2n) is 6.73. The molecule has 0 saturated carbocycles. The van der Waals surface area contributed by atoms with Crippen molar-refractivity contribution >= 4 is 33.3 Å². The van der Waals surface area contributed by atoms with Crippen molar-refractivity contribution < 1.29 is 22.7 Å². The number of carbonyl (C=O) groups excluding carboxylic acids is 2. The smallest absolute Gasteiger partial charge is 0.340 e. The highest BCUT2D eigenvalue weighted by atomic mass is 35.5. The van der Waals surface area contributed by atoms with Gasteiger partial charge in [-0.2, -0.15) is 0 Å². The van der Waals surface area contributed by atoms with Crippen LogP contribution in [-0.2, 0) is 19.4 Å². The molecule has 0 spiro atoms. The van der Waals surface area contributed by atoms with Crippen LogP contribution in [0.15, 0.2) is 23.1 Å². The highest BCUT2D eigenvalue weighted by molar-refractivity contribution is 7.90. The Balaban J connectivity index is 2.04. The molecule has 0 unspecified atom stereocenters. The van der Waals surface area contributed by atoms with Crippen LogP contribution in [0.2, 0.25) is 5.02 Å². The van der Waals surface area contributed by atoms with E-state index in [9.17, 15) is 18.0 Å². The zero-order valence-corrected chi connectivity index (χ0v) is 16.1. The summed E-state index contributed by atoms with van der Waals surface area (Å²) in [6, 6.07) is 3.80. The van der Waals surface area contributed by atoms with Crippen molar-refractivity contribution in [3.05, 3.63) is 28.8 Å². The van der Waals surface area contributed by atoms with Crippen molar-refractivity contribution in [3.63, 3.8) is 0 Å². The van der Waals surface area contributed by atoms with Crippen LogP contribution in [0.1, 0.15) is 30.6 Å². The van der Waals surface area contributed by atoms with E-state index >= 15 is 0 Å². The van der Waals surface area contributed by atoms with Crippen molar-refractivity contribution in [2.24, 2.45) is 11.8 Å². The number of ether oxygens (including phenoxy) is 1. The van der Waals surface area contributed by atoms with E-state index < -0.39 is 22.4 Å². The van der Waals surface area contributed by atoms with Gasteiger partial charge in [-0.25, -0.2) is 13.2 Å². The van der Waals surface area contributed by atoms with Crippen LogP contribution in [0, 0.1) is 11.8 Å². The molecule has 25 heavy (non-hydrogen) atoms. The van der Waals surface area contributed by atoms with Crippen LogP contribution in [0.5, 0.6) is 0 Å². The molecular formula is C17H22ClNO5S. The van der Waals surface area contributed by atoms with E-state index in [0.29, 0.717) is 24.9 Å².